The molecule has 0 aliphatic heterocycles. The normalized spacial score (nSPS) is 11.8. The summed E-state index contributed by atoms with van der Waals surface area (Å²) in [7, 11) is 0. The predicted molar refractivity (Wildman–Crippen MR) is 104 cm³/mol. The Balaban J connectivity index is 1.49. The smallest absolute Gasteiger partial charge is 0.338 e. The second-order valence-electron chi connectivity index (χ2n) is 5.73. The first kappa shape index (κ1) is 19.8. The monoisotopic (exact) mass is 400 g/mol. The van der Waals surface area contributed by atoms with Crippen LogP contribution >= 0.6 is 11.8 Å². The summed E-state index contributed by atoms with van der Waals surface area (Å²) in [5.74, 6) is 0.557. The highest BCUT2D eigenvalue weighted by Gasteiger charge is 2.13. The van der Waals surface area contributed by atoms with Gasteiger partial charge >= 0.3 is 5.97 Å². The number of nitrogens with zero attached hydrogens (tertiary/aromatic N) is 4. The van der Waals surface area contributed by atoms with Gasteiger partial charge in [-0.2, -0.15) is 4.68 Å². The third kappa shape index (κ3) is 5.30. The second kappa shape index (κ2) is 9.86. The van der Waals surface area contributed by atoms with E-state index in [2.05, 4.69) is 15.5 Å². The van der Waals surface area contributed by atoms with Crippen LogP contribution in [0.25, 0.3) is 5.69 Å². The molecule has 1 aromatic heterocycles. The van der Waals surface area contributed by atoms with E-state index in [0.29, 0.717) is 28.8 Å². The third-order valence-corrected chi connectivity index (χ3v) is 4.72. The molecule has 0 aliphatic carbocycles. The zero-order valence-electron chi connectivity index (χ0n) is 15.3. The van der Waals surface area contributed by atoms with Crippen LogP contribution in [0.3, 0.4) is 0 Å². The van der Waals surface area contributed by atoms with Gasteiger partial charge in [0.15, 0.2) is 0 Å². The van der Waals surface area contributed by atoms with Crippen LogP contribution in [-0.2, 0) is 4.74 Å². The molecule has 1 atom stereocenters. The number of aliphatic hydroxyl groups is 1. The van der Waals surface area contributed by atoms with Crippen LogP contribution in [0.4, 0.5) is 0 Å². The topological polar surface area (TPSA) is 99.4 Å². The van der Waals surface area contributed by atoms with Crippen LogP contribution in [0.5, 0.6) is 5.75 Å². The number of hydrogen-bond donors (Lipinski definition) is 1. The Morgan fingerprint density at radius 1 is 1.18 bits per heavy atom. The van der Waals surface area contributed by atoms with E-state index in [1.54, 1.807) is 35.9 Å². The predicted octanol–water partition coefficient (Wildman–Crippen LogP) is 2.37. The Morgan fingerprint density at radius 2 is 1.93 bits per heavy atom. The Labute approximate surface area is 166 Å². The van der Waals surface area contributed by atoms with Crippen molar-refractivity contribution in [2.24, 2.45) is 0 Å². The first-order valence-corrected chi connectivity index (χ1v) is 9.70. The van der Waals surface area contributed by atoms with E-state index in [0.717, 1.165) is 5.69 Å². The van der Waals surface area contributed by atoms with Crippen molar-refractivity contribution in [1.29, 1.82) is 0 Å². The molecule has 0 fully saturated rings. The van der Waals surface area contributed by atoms with Gasteiger partial charge in [-0.25, -0.2) is 4.79 Å². The van der Waals surface area contributed by atoms with Crippen LogP contribution in [0.15, 0.2) is 59.8 Å². The molecule has 0 bridgehead atoms. The van der Waals surface area contributed by atoms with Crippen molar-refractivity contribution >= 4 is 17.7 Å². The lowest BCUT2D eigenvalue weighted by atomic mass is 10.2. The molecule has 146 valence electrons. The van der Waals surface area contributed by atoms with Gasteiger partial charge in [0.2, 0.25) is 5.16 Å². The number of benzene rings is 2. The maximum Gasteiger partial charge on any atom is 0.338 e. The number of para-hydroxylation sites is 1. The minimum Gasteiger partial charge on any atom is -0.491 e. The molecule has 2 aromatic carbocycles. The molecule has 1 N–H and O–H groups in total. The van der Waals surface area contributed by atoms with Crippen molar-refractivity contribution < 1.29 is 19.4 Å². The van der Waals surface area contributed by atoms with Crippen molar-refractivity contribution in [2.75, 3.05) is 19.0 Å². The quantitative estimate of drug-likeness (QED) is 0.432. The van der Waals surface area contributed by atoms with Crippen molar-refractivity contribution in [1.82, 2.24) is 20.2 Å². The van der Waals surface area contributed by atoms with Crippen molar-refractivity contribution in [3.63, 3.8) is 0 Å². The van der Waals surface area contributed by atoms with E-state index in [1.165, 1.54) is 11.8 Å². The summed E-state index contributed by atoms with van der Waals surface area (Å²) in [6.45, 7) is 2.19. The van der Waals surface area contributed by atoms with Gasteiger partial charge in [-0.05, 0) is 53.7 Å². The summed E-state index contributed by atoms with van der Waals surface area (Å²) in [5, 5.41) is 22.4. The average Bonchev–Trinajstić information content (AvgIpc) is 3.20. The highest BCUT2D eigenvalue weighted by Crippen LogP contribution is 2.19. The van der Waals surface area contributed by atoms with E-state index < -0.39 is 6.10 Å². The van der Waals surface area contributed by atoms with Gasteiger partial charge < -0.3 is 14.6 Å². The van der Waals surface area contributed by atoms with Crippen molar-refractivity contribution in [3.8, 4) is 11.4 Å². The Bertz CT molecular complexity index is 886. The lowest BCUT2D eigenvalue weighted by molar-refractivity contribution is 0.0526. The molecule has 0 amide bonds. The molecule has 0 saturated carbocycles. The molecule has 8 nitrogen and oxygen atoms in total. The van der Waals surface area contributed by atoms with Gasteiger partial charge in [-0.3, -0.25) is 0 Å². The van der Waals surface area contributed by atoms with Crippen LogP contribution in [-0.4, -0.2) is 56.4 Å². The van der Waals surface area contributed by atoms with Crippen molar-refractivity contribution in [3.05, 3.63) is 60.2 Å². The largest absolute Gasteiger partial charge is 0.491 e. The maximum atomic E-state index is 11.6. The SMILES string of the molecule is CCOC(=O)c1ccc(OC[C@@H](O)CSc2nnnn2-c2ccccc2)cc1. The van der Waals surface area contributed by atoms with E-state index in [1.807, 2.05) is 30.3 Å². The molecule has 0 unspecified atom stereocenters. The number of thioether (sulfide) groups is 1. The molecule has 0 spiro atoms. The zero-order chi connectivity index (χ0) is 19.8. The highest BCUT2D eigenvalue weighted by atomic mass is 32.2. The van der Waals surface area contributed by atoms with E-state index >= 15 is 0 Å². The Kier molecular flexibility index (Phi) is 6.99. The van der Waals surface area contributed by atoms with Crippen molar-refractivity contribution in [2.45, 2.75) is 18.2 Å². The number of ether oxygens (including phenoxy) is 2. The fourth-order valence-corrected chi connectivity index (χ4v) is 3.11. The number of carbonyl (C=O) groups excluding carboxylic acids is 1. The van der Waals surface area contributed by atoms with Crippen LogP contribution in [0, 0.1) is 0 Å². The fraction of sp³-hybridized carbons (Fsp3) is 0.263. The van der Waals surface area contributed by atoms with Gasteiger partial charge in [0, 0.05) is 5.75 Å². The Hall–Kier alpha value is -2.91. The average molecular weight is 400 g/mol. The lowest BCUT2D eigenvalue weighted by Crippen LogP contribution is -2.20. The standard InChI is InChI=1S/C19H20N4O4S/c1-2-26-18(25)14-8-10-17(11-9-14)27-12-16(24)13-28-19-20-21-22-23(19)15-6-4-3-5-7-15/h3-11,16,24H,2,12-13H2,1H3/t16-/m1/s1. The fourth-order valence-electron chi connectivity index (χ4n) is 2.31. The number of rotatable bonds is 9. The molecule has 0 radical (unpaired) electrons. The third-order valence-electron chi connectivity index (χ3n) is 3.65. The van der Waals surface area contributed by atoms with Crippen LogP contribution in [0.1, 0.15) is 17.3 Å². The number of aromatic nitrogens is 4. The van der Waals surface area contributed by atoms with E-state index in [-0.39, 0.29) is 12.6 Å². The molecule has 0 aliphatic rings. The highest BCUT2D eigenvalue weighted by molar-refractivity contribution is 7.99. The number of aliphatic hydroxyl groups excluding tert-OH is 1. The molecule has 28 heavy (non-hydrogen) atoms. The maximum absolute atomic E-state index is 11.6. The van der Waals surface area contributed by atoms with Gasteiger partial charge in [0.1, 0.15) is 12.4 Å². The Morgan fingerprint density at radius 3 is 2.64 bits per heavy atom. The minimum absolute atomic E-state index is 0.110. The molecule has 3 aromatic rings. The number of carbonyl (C=O) groups is 1. The summed E-state index contributed by atoms with van der Waals surface area (Å²) in [4.78, 5) is 11.6. The minimum atomic E-state index is -0.712. The number of hydrogen-bond acceptors (Lipinski definition) is 8. The summed E-state index contributed by atoms with van der Waals surface area (Å²) in [6, 6.07) is 16.1. The molecular weight excluding hydrogens is 380 g/mol. The van der Waals surface area contributed by atoms with Crippen LogP contribution in [0.2, 0.25) is 0 Å². The summed E-state index contributed by atoms with van der Waals surface area (Å²) in [6.07, 6.45) is -0.712. The molecule has 3 rings (SSSR count). The lowest BCUT2D eigenvalue weighted by Gasteiger charge is -2.12. The molecule has 9 heteroatoms. The van der Waals surface area contributed by atoms with Gasteiger partial charge in [-0.1, -0.05) is 30.0 Å². The van der Waals surface area contributed by atoms with E-state index in [4.69, 9.17) is 9.47 Å². The molecule has 0 saturated heterocycles. The number of tetrazole rings is 1. The molecular formula is C19H20N4O4S. The van der Waals surface area contributed by atoms with Gasteiger partial charge in [0.25, 0.3) is 0 Å². The first-order chi connectivity index (χ1) is 13.7. The molecule has 1 heterocycles. The van der Waals surface area contributed by atoms with Gasteiger partial charge in [-0.15, -0.1) is 5.10 Å². The first-order valence-electron chi connectivity index (χ1n) is 8.72. The number of esters is 1. The van der Waals surface area contributed by atoms with Gasteiger partial charge in [0.05, 0.1) is 24.0 Å². The summed E-state index contributed by atoms with van der Waals surface area (Å²) < 4.78 is 12.1. The summed E-state index contributed by atoms with van der Waals surface area (Å²) in [5.41, 5.74) is 1.31. The van der Waals surface area contributed by atoms with Crippen LogP contribution < -0.4 is 4.74 Å². The second-order valence-corrected chi connectivity index (χ2v) is 6.72. The van der Waals surface area contributed by atoms with E-state index in [9.17, 15) is 9.90 Å². The zero-order valence-corrected chi connectivity index (χ0v) is 16.1. The summed E-state index contributed by atoms with van der Waals surface area (Å²) >= 11 is 1.34.